The predicted molar refractivity (Wildman–Crippen MR) is 49.0 cm³/mol. The molecule has 1 atom stereocenters. The minimum Gasteiger partial charge on any atom is -0.389 e. The zero-order chi connectivity index (χ0) is 9.42. The van der Waals surface area contributed by atoms with Crippen LogP contribution in [0.1, 0.15) is 42.9 Å². The van der Waals surface area contributed by atoms with E-state index in [-0.39, 0.29) is 5.82 Å². The molecule has 0 radical (unpaired) electrons. The van der Waals surface area contributed by atoms with Crippen molar-refractivity contribution < 1.29 is 9.50 Å². The molecule has 1 aliphatic carbocycles. The molecule has 1 saturated carbocycles. The van der Waals surface area contributed by atoms with Crippen molar-refractivity contribution >= 4 is 0 Å². The molecule has 0 aromatic heterocycles. The molecular weight excluding hydrogens is 167 g/mol. The molecule has 0 heterocycles. The van der Waals surface area contributed by atoms with E-state index in [1.54, 1.807) is 19.1 Å². The van der Waals surface area contributed by atoms with Crippen LogP contribution in [0.2, 0.25) is 0 Å². The second-order valence-corrected chi connectivity index (χ2v) is 3.73. The van der Waals surface area contributed by atoms with Gasteiger partial charge in [0.2, 0.25) is 0 Å². The molecule has 2 rings (SSSR count). The molecule has 70 valence electrons. The van der Waals surface area contributed by atoms with Crippen molar-refractivity contribution in [3.05, 3.63) is 35.1 Å². The molecule has 1 aromatic carbocycles. The monoisotopic (exact) mass is 180 g/mol. The maximum atomic E-state index is 13.3. The van der Waals surface area contributed by atoms with Gasteiger partial charge in [0, 0.05) is 5.56 Å². The zero-order valence-electron chi connectivity index (χ0n) is 7.63. The summed E-state index contributed by atoms with van der Waals surface area (Å²) in [6.07, 6.45) is 1.63. The highest BCUT2D eigenvalue weighted by molar-refractivity contribution is 5.30. The first-order valence-electron chi connectivity index (χ1n) is 4.66. The molecule has 0 saturated heterocycles. The van der Waals surface area contributed by atoms with E-state index in [1.807, 2.05) is 6.07 Å². The number of benzene rings is 1. The van der Waals surface area contributed by atoms with Gasteiger partial charge in [0.1, 0.15) is 5.82 Å². The molecule has 13 heavy (non-hydrogen) atoms. The third-order valence-electron chi connectivity index (χ3n) is 2.52. The van der Waals surface area contributed by atoms with E-state index >= 15 is 0 Å². The molecule has 1 fully saturated rings. The minimum atomic E-state index is -0.715. The Balaban J connectivity index is 2.31. The quantitative estimate of drug-likeness (QED) is 0.742. The van der Waals surface area contributed by atoms with Crippen molar-refractivity contribution in [1.29, 1.82) is 0 Å². The summed E-state index contributed by atoms with van der Waals surface area (Å²) in [5, 5.41) is 9.21. The molecule has 1 unspecified atom stereocenters. The maximum Gasteiger partial charge on any atom is 0.129 e. The highest BCUT2D eigenvalue weighted by atomic mass is 19.1. The highest BCUT2D eigenvalue weighted by Crippen LogP contribution is 2.40. The minimum absolute atomic E-state index is 0.278. The Labute approximate surface area is 77.2 Å². The lowest BCUT2D eigenvalue weighted by atomic mass is 10.0. The standard InChI is InChI=1S/C11H13FO/c1-7(13)10-5-4-9(6-11(10)12)8-2-3-8/h4-8,13H,2-3H2,1H3. The lowest BCUT2D eigenvalue weighted by molar-refractivity contribution is 0.194. The predicted octanol–water partition coefficient (Wildman–Crippen LogP) is 2.76. The molecule has 0 bridgehead atoms. The van der Waals surface area contributed by atoms with Crippen LogP contribution in [0, 0.1) is 5.82 Å². The first kappa shape index (κ1) is 8.70. The number of aliphatic hydroxyl groups is 1. The van der Waals surface area contributed by atoms with E-state index in [4.69, 9.17) is 0 Å². The van der Waals surface area contributed by atoms with E-state index in [0.717, 1.165) is 5.56 Å². The van der Waals surface area contributed by atoms with Crippen LogP contribution in [-0.2, 0) is 0 Å². The van der Waals surface area contributed by atoms with Crippen molar-refractivity contribution in [3.8, 4) is 0 Å². The van der Waals surface area contributed by atoms with Crippen molar-refractivity contribution in [2.24, 2.45) is 0 Å². The number of hydrogen-bond acceptors (Lipinski definition) is 1. The van der Waals surface area contributed by atoms with Crippen LogP contribution < -0.4 is 0 Å². The smallest absolute Gasteiger partial charge is 0.129 e. The second kappa shape index (κ2) is 3.11. The van der Waals surface area contributed by atoms with Gasteiger partial charge in [-0.05, 0) is 37.3 Å². The third kappa shape index (κ3) is 1.73. The van der Waals surface area contributed by atoms with Crippen LogP contribution in [0.3, 0.4) is 0 Å². The van der Waals surface area contributed by atoms with Gasteiger partial charge in [0.05, 0.1) is 6.10 Å². The fourth-order valence-electron chi connectivity index (χ4n) is 1.55. The summed E-state index contributed by atoms with van der Waals surface area (Å²) in [5.41, 5.74) is 1.46. The van der Waals surface area contributed by atoms with Gasteiger partial charge in [0.15, 0.2) is 0 Å². The van der Waals surface area contributed by atoms with Gasteiger partial charge in [-0.25, -0.2) is 4.39 Å². The molecule has 1 aromatic rings. The largest absolute Gasteiger partial charge is 0.389 e. The molecule has 1 N–H and O–H groups in total. The molecular formula is C11H13FO. The fourth-order valence-corrected chi connectivity index (χ4v) is 1.55. The molecule has 1 aliphatic rings. The SMILES string of the molecule is CC(O)c1ccc(C2CC2)cc1F. The molecule has 2 heteroatoms. The fraction of sp³-hybridized carbons (Fsp3) is 0.455. The summed E-state index contributed by atoms with van der Waals surface area (Å²) in [6.45, 7) is 1.58. The van der Waals surface area contributed by atoms with E-state index in [1.165, 1.54) is 12.8 Å². The first-order valence-corrected chi connectivity index (χ1v) is 4.66. The Bertz CT molecular complexity index is 316. The van der Waals surface area contributed by atoms with E-state index < -0.39 is 6.10 Å². The average molecular weight is 180 g/mol. The van der Waals surface area contributed by atoms with Crippen molar-refractivity contribution in [1.82, 2.24) is 0 Å². The number of halogens is 1. The Kier molecular flexibility index (Phi) is 2.08. The van der Waals surface area contributed by atoms with E-state index in [9.17, 15) is 9.50 Å². The highest BCUT2D eigenvalue weighted by Gasteiger charge is 2.24. The molecule has 1 nitrogen and oxygen atoms in total. The summed E-state index contributed by atoms with van der Waals surface area (Å²) >= 11 is 0. The van der Waals surface area contributed by atoms with E-state index in [2.05, 4.69) is 0 Å². The average Bonchev–Trinajstić information content (AvgIpc) is 2.85. The number of aliphatic hydroxyl groups excluding tert-OH is 1. The van der Waals surface area contributed by atoms with Crippen LogP contribution in [0.5, 0.6) is 0 Å². The summed E-state index contributed by atoms with van der Waals surface area (Å²) in [7, 11) is 0. The first-order chi connectivity index (χ1) is 6.18. The normalized spacial score (nSPS) is 18.7. The summed E-state index contributed by atoms with van der Waals surface area (Å²) in [6, 6.07) is 5.16. The van der Waals surface area contributed by atoms with Crippen molar-refractivity contribution in [2.75, 3.05) is 0 Å². The van der Waals surface area contributed by atoms with Gasteiger partial charge in [-0.2, -0.15) is 0 Å². The van der Waals surface area contributed by atoms with E-state index in [0.29, 0.717) is 11.5 Å². The number of hydrogen-bond donors (Lipinski definition) is 1. The van der Waals surface area contributed by atoms with Gasteiger partial charge < -0.3 is 5.11 Å². The topological polar surface area (TPSA) is 20.2 Å². The van der Waals surface area contributed by atoms with Crippen LogP contribution in [0.15, 0.2) is 18.2 Å². The van der Waals surface area contributed by atoms with Gasteiger partial charge in [-0.3, -0.25) is 0 Å². The van der Waals surface area contributed by atoms with Crippen LogP contribution in [0.25, 0.3) is 0 Å². The molecule has 0 spiro atoms. The zero-order valence-corrected chi connectivity index (χ0v) is 7.63. The Morgan fingerprint density at radius 1 is 1.46 bits per heavy atom. The molecule has 0 aliphatic heterocycles. The maximum absolute atomic E-state index is 13.3. The summed E-state index contributed by atoms with van der Waals surface area (Å²) in [4.78, 5) is 0. The lowest BCUT2D eigenvalue weighted by Gasteiger charge is -2.07. The number of rotatable bonds is 2. The van der Waals surface area contributed by atoms with Crippen molar-refractivity contribution in [2.45, 2.75) is 31.8 Å². The van der Waals surface area contributed by atoms with Gasteiger partial charge in [0.25, 0.3) is 0 Å². The molecule has 0 amide bonds. The summed E-state index contributed by atoms with van der Waals surface area (Å²) < 4.78 is 13.3. The van der Waals surface area contributed by atoms with Crippen LogP contribution in [0.4, 0.5) is 4.39 Å². The van der Waals surface area contributed by atoms with Gasteiger partial charge in [-0.15, -0.1) is 0 Å². The summed E-state index contributed by atoms with van der Waals surface area (Å²) in [5.74, 6) is 0.289. The van der Waals surface area contributed by atoms with Gasteiger partial charge >= 0.3 is 0 Å². The third-order valence-corrected chi connectivity index (χ3v) is 2.52. The van der Waals surface area contributed by atoms with Crippen molar-refractivity contribution in [3.63, 3.8) is 0 Å². The van der Waals surface area contributed by atoms with Crippen LogP contribution in [-0.4, -0.2) is 5.11 Å². The van der Waals surface area contributed by atoms with Crippen LogP contribution >= 0.6 is 0 Å². The Morgan fingerprint density at radius 2 is 2.15 bits per heavy atom. The Morgan fingerprint density at radius 3 is 2.62 bits per heavy atom. The lowest BCUT2D eigenvalue weighted by Crippen LogP contribution is -1.96. The Hall–Kier alpha value is -0.890. The second-order valence-electron chi connectivity index (χ2n) is 3.73. The van der Waals surface area contributed by atoms with Gasteiger partial charge in [-0.1, -0.05) is 12.1 Å².